The van der Waals surface area contributed by atoms with E-state index in [-0.39, 0.29) is 16.9 Å². The van der Waals surface area contributed by atoms with Crippen molar-refractivity contribution in [1.29, 1.82) is 0 Å². The number of halogens is 1. The van der Waals surface area contributed by atoms with Gasteiger partial charge in [0.15, 0.2) is 17.3 Å². The van der Waals surface area contributed by atoms with Gasteiger partial charge in [0, 0.05) is 10.5 Å². The van der Waals surface area contributed by atoms with Gasteiger partial charge in [0.25, 0.3) is 0 Å². The zero-order valence-electron chi connectivity index (χ0n) is 12.0. The third-order valence-corrected chi connectivity index (χ3v) is 4.42. The average molecular weight is 318 g/mol. The number of thioether (sulfide) groups is 1. The lowest BCUT2D eigenvalue weighted by Crippen LogP contribution is -2.16. The first-order valence-corrected chi connectivity index (χ1v) is 7.87. The third kappa shape index (κ3) is 3.25. The Bertz CT molecular complexity index is 685. The number of hydrogen-bond acceptors (Lipinski definition) is 4. The zero-order chi connectivity index (χ0) is 15.5. The lowest BCUT2D eigenvalue weighted by molar-refractivity contribution is 0.0994. The van der Waals surface area contributed by atoms with Gasteiger partial charge in [-0.05, 0) is 49.4 Å². The largest absolute Gasteiger partial charge is 0.486 e. The van der Waals surface area contributed by atoms with E-state index in [9.17, 15) is 9.18 Å². The van der Waals surface area contributed by atoms with E-state index in [0.717, 1.165) is 10.6 Å². The molecule has 0 amide bonds. The van der Waals surface area contributed by atoms with E-state index in [1.165, 1.54) is 36.0 Å². The van der Waals surface area contributed by atoms with Crippen molar-refractivity contribution < 1.29 is 18.7 Å². The molecule has 0 unspecified atom stereocenters. The van der Waals surface area contributed by atoms with Crippen LogP contribution in [0.1, 0.15) is 17.3 Å². The highest BCUT2D eigenvalue weighted by atomic mass is 32.2. The summed E-state index contributed by atoms with van der Waals surface area (Å²) in [4.78, 5) is 13.3. The van der Waals surface area contributed by atoms with Gasteiger partial charge in [-0.25, -0.2) is 4.39 Å². The molecule has 0 saturated carbocycles. The van der Waals surface area contributed by atoms with Gasteiger partial charge < -0.3 is 9.47 Å². The fourth-order valence-corrected chi connectivity index (χ4v) is 3.18. The summed E-state index contributed by atoms with van der Waals surface area (Å²) in [6.45, 7) is 2.93. The molecule has 1 aliphatic rings. The molecule has 1 atom stereocenters. The van der Waals surface area contributed by atoms with Crippen molar-refractivity contribution in [2.75, 3.05) is 13.2 Å². The molecule has 1 heterocycles. The van der Waals surface area contributed by atoms with Crippen LogP contribution in [0, 0.1) is 5.82 Å². The molecule has 0 N–H and O–H groups in total. The predicted octanol–water partition coefficient (Wildman–Crippen LogP) is 3.96. The molecule has 0 radical (unpaired) electrons. The number of fused-ring (bicyclic) bond motifs is 1. The van der Waals surface area contributed by atoms with E-state index in [1.54, 1.807) is 0 Å². The van der Waals surface area contributed by atoms with Crippen molar-refractivity contribution in [1.82, 2.24) is 0 Å². The number of ketones is 1. The number of carbonyl (C=O) groups excluding carboxylic acids is 1. The molecular formula is C17H15FO3S. The van der Waals surface area contributed by atoms with Crippen LogP contribution in [0.4, 0.5) is 4.39 Å². The Kier molecular flexibility index (Phi) is 4.34. The summed E-state index contributed by atoms with van der Waals surface area (Å²) >= 11 is 1.44. The van der Waals surface area contributed by atoms with Crippen molar-refractivity contribution in [3.8, 4) is 11.5 Å². The fourth-order valence-electron chi connectivity index (χ4n) is 2.20. The van der Waals surface area contributed by atoms with E-state index in [1.807, 2.05) is 25.1 Å². The first kappa shape index (κ1) is 14.9. The molecule has 2 aromatic carbocycles. The monoisotopic (exact) mass is 318 g/mol. The Labute approximate surface area is 132 Å². The van der Waals surface area contributed by atoms with Gasteiger partial charge in [-0.3, -0.25) is 4.79 Å². The Balaban J connectivity index is 1.72. The summed E-state index contributed by atoms with van der Waals surface area (Å²) in [6, 6.07) is 11.3. The maximum absolute atomic E-state index is 12.9. The lowest BCUT2D eigenvalue weighted by atomic mass is 10.1. The average Bonchev–Trinajstić information content (AvgIpc) is 2.55. The molecule has 3 rings (SSSR count). The van der Waals surface area contributed by atoms with Crippen LogP contribution < -0.4 is 9.47 Å². The maximum Gasteiger partial charge on any atom is 0.175 e. The molecule has 5 heteroatoms. The first-order chi connectivity index (χ1) is 10.6. The van der Waals surface area contributed by atoms with Crippen molar-refractivity contribution in [2.45, 2.75) is 17.1 Å². The van der Waals surface area contributed by atoms with E-state index in [2.05, 4.69) is 0 Å². The lowest BCUT2D eigenvalue weighted by Gasteiger charge is -2.19. The van der Waals surface area contributed by atoms with Gasteiger partial charge in [0.1, 0.15) is 19.0 Å². The summed E-state index contributed by atoms with van der Waals surface area (Å²) < 4.78 is 23.9. The van der Waals surface area contributed by atoms with Crippen molar-refractivity contribution in [3.63, 3.8) is 0 Å². The van der Waals surface area contributed by atoms with E-state index in [4.69, 9.17) is 9.47 Å². The Morgan fingerprint density at radius 3 is 2.50 bits per heavy atom. The highest BCUT2D eigenvalue weighted by Crippen LogP contribution is 2.36. The molecule has 3 nitrogen and oxygen atoms in total. The van der Waals surface area contributed by atoms with Crippen LogP contribution in [0.15, 0.2) is 47.4 Å². The summed E-state index contributed by atoms with van der Waals surface area (Å²) in [5.74, 6) is 1.06. The van der Waals surface area contributed by atoms with Gasteiger partial charge in [0.05, 0.1) is 5.25 Å². The standard InChI is InChI=1S/C17H15FO3S/c1-11(17(19)12-2-4-13(18)5-3-12)22-14-6-7-15-16(10-14)21-9-8-20-15/h2-7,10-11H,8-9H2,1H3/t11-/m0/s1. The SMILES string of the molecule is C[C@H](Sc1ccc2c(c1)OCCO2)C(=O)c1ccc(F)cc1. The van der Waals surface area contributed by atoms with Crippen LogP contribution in [0.5, 0.6) is 11.5 Å². The van der Waals surface area contributed by atoms with Gasteiger partial charge in [0.2, 0.25) is 0 Å². The summed E-state index contributed by atoms with van der Waals surface area (Å²) in [5, 5.41) is -0.270. The van der Waals surface area contributed by atoms with Crippen LogP contribution in [-0.2, 0) is 0 Å². The topological polar surface area (TPSA) is 35.5 Å². The highest BCUT2D eigenvalue weighted by Gasteiger charge is 2.18. The molecule has 0 spiro atoms. The van der Waals surface area contributed by atoms with Gasteiger partial charge in [-0.2, -0.15) is 0 Å². The van der Waals surface area contributed by atoms with E-state index in [0.29, 0.717) is 24.5 Å². The molecule has 0 fully saturated rings. The highest BCUT2D eigenvalue weighted by molar-refractivity contribution is 8.00. The normalized spacial score (nSPS) is 14.5. The molecule has 1 aliphatic heterocycles. The van der Waals surface area contributed by atoms with Crippen LogP contribution in [0.2, 0.25) is 0 Å². The van der Waals surface area contributed by atoms with Crippen LogP contribution in [0.25, 0.3) is 0 Å². The van der Waals surface area contributed by atoms with Crippen molar-refractivity contribution >= 4 is 17.5 Å². The van der Waals surface area contributed by atoms with E-state index >= 15 is 0 Å². The predicted molar refractivity (Wildman–Crippen MR) is 83.5 cm³/mol. The number of carbonyl (C=O) groups is 1. The first-order valence-electron chi connectivity index (χ1n) is 6.99. The molecular weight excluding hydrogens is 303 g/mol. The maximum atomic E-state index is 12.9. The molecule has 0 bridgehead atoms. The second-order valence-corrected chi connectivity index (χ2v) is 6.35. The Morgan fingerprint density at radius 2 is 1.77 bits per heavy atom. The smallest absolute Gasteiger partial charge is 0.175 e. The zero-order valence-corrected chi connectivity index (χ0v) is 12.9. The van der Waals surface area contributed by atoms with E-state index < -0.39 is 0 Å². The number of ether oxygens (including phenoxy) is 2. The summed E-state index contributed by atoms with van der Waals surface area (Å²) in [5.41, 5.74) is 0.513. The minimum atomic E-state index is -0.344. The minimum Gasteiger partial charge on any atom is -0.486 e. The van der Waals surface area contributed by atoms with Gasteiger partial charge in [-0.1, -0.05) is 0 Å². The van der Waals surface area contributed by atoms with Crippen LogP contribution >= 0.6 is 11.8 Å². The molecule has 114 valence electrons. The Morgan fingerprint density at radius 1 is 1.09 bits per heavy atom. The van der Waals surface area contributed by atoms with Gasteiger partial charge >= 0.3 is 0 Å². The summed E-state index contributed by atoms with van der Waals surface area (Å²) in [7, 11) is 0. The fraction of sp³-hybridized carbons (Fsp3) is 0.235. The Hall–Kier alpha value is -2.01. The molecule has 0 saturated heterocycles. The van der Waals surface area contributed by atoms with Crippen molar-refractivity contribution in [3.05, 3.63) is 53.8 Å². The van der Waals surface area contributed by atoms with Crippen molar-refractivity contribution in [2.24, 2.45) is 0 Å². The number of Topliss-reactive ketones (excluding diaryl/α,β-unsaturated/α-hetero) is 1. The van der Waals surface area contributed by atoms with Gasteiger partial charge in [-0.15, -0.1) is 11.8 Å². The summed E-state index contributed by atoms with van der Waals surface area (Å²) in [6.07, 6.45) is 0. The second kappa shape index (κ2) is 6.40. The van der Waals surface area contributed by atoms with Crippen LogP contribution in [0.3, 0.4) is 0 Å². The molecule has 2 aromatic rings. The number of rotatable bonds is 4. The quantitative estimate of drug-likeness (QED) is 0.631. The molecule has 22 heavy (non-hydrogen) atoms. The second-order valence-electron chi connectivity index (χ2n) is 4.94. The number of hydrogen-bond donors (Lipinski definition) is 0. The van der Waals surface area contributed by atoms with Crippen LogP contribution in [-0.4, -0.2) is 24.2 Å². The third-order valence-electron chi connectivity index (χ3n) is 3.32. The molecule has 0 aliphatic carbocycles. The molecule has 0 aromatic heterocycles. The number of benzene rings is 2. The minimum absolute atomic E-state index is 0.0279.